The average molecular weight is 221 g/mol. The molecular weight excluding hydrogens is 202 g/mol. The van der Waals surface area contributed by atoms with Gasteiger partial charge in [0.25, 0.3) is 0 Å². The predicted molar refractivity (Wildman–Crippen MR) is 62.7 cm³/mol. The first kappa shape index (κ1) is 13.1. The van der Waals surface area contributed by atoms with Gasteiger partial charge in [-0.3, -0.25) is 0 Å². The Morgan fingerprint density at radius 2 is 1.77 bits per heavy atom. The van der Waals surface area contributed by atoms with Gasteiger partial charge in [-0.1, -0.05) is 36.4 Å². The minimum Gasteiger partial charge on any atom is -0.233 e. The average Bonchev–Trinajstić information content (AvgIpc) is 2.16. The van der Waals surface area contributed by atoms with E-state index in [1.165, 1.54) is 37.6 Å². The van der Waals surface area contributed by atoms with Crippen LogP contribution in [0.4, 0.5) is 0 Å². The van der Waals surface area contributed by atoms with E-state index < -0.39 is 0 Å². The third kappa shape index (κ3) is 12.1. The second kappa shape index (κ2) is 12.1. The Balaban J connectivity index is 2.95. The van der Waals surface area contributed by atoms with Crippen LogP contribution < -0.4 is 4.83 Å². The summed E-state index contributed by atoms with van der Waals surface area (Å²) in [7, 11) is 0. The molecule has 78 valence electrons. The molecule has 0 aliphatic carbocycles. The Labute approximate surface area is 89.8 Å². The van der Waals surface area contributed by atoms with Crippen LogP contribution in [-0.4, -0.2) is 11.5 Å². The van der Waals surface area contributed by atoms with E-state index in [4.69, 9.17) is 0 Å². The molecule has 0 saturated carbocycles. The maximum absolute atomic E-state index is 3.92. The normalized spacial score (nSPS) is 10.9. The van der Waals surface area contributed by atoms with Crippen molar-refractivity contribution in [3.05, 3.63) is 0 Å². The van der Waals surface area contributed by atoms with E-state index in [9.17, 15) is 0 Å². The number of rotatable bonds is 9. The summed E-state index contributed by atoms with van der Waals surface area (Å²) in [6.45, 7) is 4.36. The van der Waals surface area contributed by atoms with Crippen molar-refractivity contribution in [2.45, 2.75) is 39.5 Å². The van der Waals surface area contributed by atoms with Crippen molar-refractivity contribution in [2.75, 3.05) is 11.5 Å². The lowest BCUT2D eigenvalue weighted by molar-refractivity contribution is 0.887. The van der Waals surface area contributed by atoms with Crippen molar-refractivity contribution in [1.29, 1.82) is 0 Å². The first-order chi connectivity index (χ1) is 6.41. The van der Waals surface area contributed by atoms with Crippen LogP contribution in [0.1, 0.15) is 39.5 Å². The maximum Gasteiger partial charge on any atom is 0.0171 e. The van der Waals surface area contributed by atoms with Gasteiger partial charge in [0.2, 0.25) is 0 Å². The fraction of sp³-hybridized carbons (Fsp3) is 1.00. The van der Waals surface area contributed by atoms with Crippen LogP contribution in [0.5, 0.6) is 0 Å². The van der Waals surface area contributed by atoms with Gasteiger partial charge in [-0.25, -0.2) is 4.83 Å². The van der Waals surface area contributed by atoms with Crippen molar-refractivity contribution >= 4 is 23.9 Å². The van der Waals surface area contributed by atoms with E-state index in [1.54, 1.807) is 11.9 Å². The molecule has 5 heteroatoms. The molecule has 0 aliphatic rings. The highest BCUT2D eigenvalue weighted by molar-refractivity contribution is 7.98. The van der Waals surface area contributed by atoms with Gasteiger partial charge < -0.3 is 0 Å². The quantitative estimate of drug-likeness (QED) is 0.278. The largest absolute Gasteiger partial charge is 0.233 e. The number of hydrogen-bond donors (Lipinski definition) is 1. The SMILES string of the molecule is CCCCS/N=N/NSCCCC. The molecule has 0 saturated heterocycles. The highest BCUT2D eigenvalue weighted by atomic mass is 32.2. The molecule has 13 heavy (non-hydrogen) atoms. The lowest BCUT2D eigenvalue weighted by Gasteiger charge is -1.95. The molecule has 1 N–H and O–H groups in total. The standard InChI is InChI=1S/C8H19N3S2/c1-3-5-7-12-10-9-11-13-8-6-4-2/h3-8H2,1-2H3,(H,10,11). The van der Waals surface area contributed by atoms with E-state index >= 15 is 0 Å². The van der Waals surface area contributed by atoms with E-state index in [-0.39, 0.29) is 0 Å². The van der Waals surface area contributed by atoms with E-state index in [1.807, 2.05) is 0 Å². The molecule has 0 amide bonds. The smallest absolute Gasteiger partial charge is 0.0171 e. The van der Waals surface area contributed by atoms with Gasteiger partial charge in [-0.05, 0) is 36.7 Å². The topological polar surface area (TPSA) is 36.8 Å². The Kier molecular flexibility index (Phi) is 12.2. The summed E-state index contributed by atoms with van der Waals surface area (Å²) >= 11 is 3.14. The van der Waals surface area contributed by atoms with Crippen molar-refractivity contribution < 1.29 is 0 Å². The van der Waals surface area contributed by atoms with Gasteiger partial charge in [-0.15, -0.1) is 0 Å². The second-order valence-electron chi connectivity index (χ2n) is 2.66. The molecule has 0 radical (unpaired) electrons. The first-order valence-corrected chi connectivity index (χ1v) is 6.73. The van der Waals surface area contributed by atoms with Crippen molar-refractivity contribution in [3.63, 3.8) is 0 Å². The summed E-state index contributed by atoms with van der Waals surface area (Å²) in [4.78, 5) is 2.85. The third-order valence-electron chi connectivity index (χ3n) is 1.39. The minimum absolute atomic E-state index is 1.07. The molecular formula is C8H19N3S2. The first-order valence-electron chi connectivity index (χ1n) is 4.80. The highest BCUT2D eigenvalue weighted by Gasteiger charge is 1.85. The fourth-order valence-corrected chi connectivity index (χ4v) is 1.86. The van der Waals surface area contributed by atoms with E-state index in [2.05, 4.69) is 28.4 Å². The number of nitrogens with zero attached hydrogens (tertiary/aromatic N) is 2. The summed E-state index contributed by atoms with van der Waals surface area (Å²) in [5.74, 6) is 2.18. The van der Waals surface area contributed by atoms with Gasteiger partial charge in [0.15, 0.2) is 0 Å². The Morgan fingerprint density at radius 1 is 1.08 bits per heavy atom. The molecule has 0 aromatic heterocycles. The molecule has 0 rings (SSSR count). The van der Waals surface area contributed by atoms with Crippen LogP contribution in [0.3, 0.4) is 0 Å². The summed E-state index contributed by atoms with van der Waals surface area (Å²) in [6, 6.07) is 0. The molecule has 0 spiro atoms. The van der Waals surface area contributed by atoms with Crippen LogP contribution in [0.2, 0.25) is 0 Å². The molecule has 0 aromatic rings. The minimum atomic E-state index is 1.07. The summed E-state index contributed by atoms with van der Waals surface area (Å²) < 4.78 is 3.92. The van der Waals surface area contributed by atoms with E-state index in [0.717, 1.165) is 11.5 Å². The monoisotopic (exact) mass is 221 g/mol. The van der Waals surface area contributed by atoms with Crippen LogP contribution >= 0.6 is 23.9 Å². The summed E-state index contributed by atoms with van der Waals surface area (Å²) in [5.41, 5.74) is 0. The Hall–Kier alpha value is 0.1000. The molecule has 0 aliphatic heterocycles. The Bertz CT molecular complexity index is 120. The predicted octanol–water partition coefficient (Wildman–Crippen LogP) is 3.84. The zero-order valence-corrected chi connectivity index (χ0v) is 10.1. The maximum atomic E-state index is 3.92. The van der Waals surface area contributed by atoms with Gasteiger partial charge in [-0.2, -0.15) is 0 Å². The van der Waals surface area contributed by atoms with Gasteiger partial charge >= 0.3 is 0 Å². The third-order valence-corrected chi connectivity index (χ3v) is 2.76. The van der Waals surface area contributed by atoms with Gasteiger partial charge in [0.1, 0.15) is 0 Å². The lowest BCUT2D eigenvalue weighted by atomic mass is 10.4. The molecule has 0 unspecified atom stereocenters. The summed E-state index contributed by atoms with van der Waals surface area (Å²) in [6.07, 6.45) is 4.90. The van der Waals surface area contributed by atoms with E-state index in [0.29, 0.717) is 0 Å². The highest BCUT2D eigenvalue weighted by Crippen LogP contribution is 2.06. The number of hydrogen-bond acceptors (Lipinski definition) is 4. The Morgan fingerprint density at radius 3 is 2.46 bits per heavy atom. The molecule has 0 fully saturated rings. The van der Waals surface area contributed by atoms with Crippen molar-refractivity contribution in [2.24, 2.45) is 9.74 Å². The number of unbranched alkanes of at least 4 members (excludes halogenated alkanes) is 2. The lowest BCUT2D eigenvalue weighted by Crippen LogP contribution is -1.91. The van der Waals surface area contributed by atoms with Gasteiger partial charge in [0, 0.05) is 11.5 Å². The zero-order valence-electron chi connectivity index (χ0n) is 8.45. The zero-order chi connectivity index (χ0) is 9.78. The number of nitrogens with one attached hydrogen (secondary N) is 1. The summed E-state index contributed by atoms with van der Waals surface area (Å²) in [5, 5.41) is 3.82. The van der Waals surface area contributed by atoms with Crippen LogP contribution in [0, 0.1) is 0 Å². The van der Waals surface area contributed by atoms with Crippen molar-refractivity contribution in [3.8, 4) is 0 Å². The molecule has 0 aromatic carbocycles. The molecule has 3 nitrogen and oxygen atoms in total. The van der Waals surface area contributed by atoms with Crippen molar-refractivity contribution in [1.82, 2.24) is 4.83 Å². The molecule has 0 bridgehead atoms. The van der Waals surface area contributed by atoms with Gasteiger partial charge in [0.05, 0.1) is 0 Å². The van der Waals surface area contributed by atoms with Crippen LogP contribution in [-0.2, 0) is 0 Å². The second-order valence-corrected chi connectivity index (χ2v) is 4.37. The molecule has 0 heterocycles. The van der Waals surface area contributed by atoms with Crippen LogP contribution in [0.15, 0.2) is 9.74 Å². The molecule has 0 atom stereocenters. The fourth-order valence-electron chi connectivity index (χ4n) is 0.586. The van der Waals surface area contributed by atoms with Crippen LogP contribution in [0.25, 0.3) is 0 Å².